The first-order valence-corrected chi connectivity index (χ1v) is 8.17. The van der Waals surface area contributed by atoms with Gasteiger partial charge >= 0.3 is 0 Å². The Morgan fingerprint density at radius 1 is 0.538 bits per heavy atom. The number of rotatable bonds is 2. The third-order valence-electron chi connectivity index (χ3n) is 3.78. The maximum Gasteiger partial charge on any atom is 0.161 e. The van der Waals surface area contributed by atoms with Gasteiger partial charge in [-0.1, -0.05) is 42.2 Å². The van der Waals surface area contributed by atoms with Crippen LogP contribution < -0.4 is 0 Å². The lowest BCUT2D eigenvalue weighted by Crippen LogP contribution is -1.97. The van der Waals surface area contributed by atoms with Gasteiger partial charge in [-0.3, -0.25) is 0 Å². The standard InChI is InChI=1S/C22H14N4/c1-2-7-17(8-3-1)11-12-18-9-4-10-19(21-23-13-5-14-24-21)20(18)22-25-15-6-16-26-22/h1-10,13-16H. The quantitative estimate of drug-likeness (QED) is 0.520. The van der Waals surface area contributed by atoms with Crippen molar-refractivity contribution in [3.63, 3.8) is 0 Å². The highest BCUT2D eigenvalue weighted by Crippen LogP contribution is 2.30. The van der Waals surface area contributed by atoms with Gasteiger partial charge in [-0.05, 0) is 30.3 Å². The lowest BCUT2D eigenvalue weighted by atomic mass is 9.99. The summed E-state index contributed by atoms with van der Waals surface area (Å²) in [5, 5.41) is 0. The van der Waals surface area contributed by atoms with E-state index in [0.29, 0.717) is 11.6 Å². The summed E-state index contributed by atoms with van der Waals surface area (Å²) in [6.45, 7) is 0. The summed E-state index contributed by atoms with van der Waals surface area (Å²) in [5.41, 5.74) is 3.48. The molecule has 0 bridgehead atoms. The summed E-state index contributed by atoms with van der Waals surface area (Å²) in [5.74, 6) is 7.68. The number of benzene rings is 2. The minimum Gasteiger partial charge on any atom is -0.237 e. The summed E-state index contributed by atoms with van der Waals surface area (Å²) in [4.78, 5) is 17.6. The highest BCUT2D eigenvalue weighted by Gasteiger charge is 2.15. The van der Waals surface area contributed by atoms with Gasteiger partial charge in [0.2, 0.25) is 0 Å². The van der Waals surface area contributed by atoms with E-state index in [2.05, 4.69) is 31.8 Å². The molecule has 0 amide bonds. The largest absolute Gasteiger partial charge is 0.237 e. The van der Waals surface area contributed by atoms with Crippen molar-refractivity contribution in [3.8, 4) is 34.6 Å². The molecule has 4 aromatic rings. The second-order valence-corrected chi connectivity index (χ2v) is 5.49. The molecule has 0 N–H and O–H groups in total. The molecule has 0 aliphatic rings. The molecule has 0 aliphatic carbocycles. The van der Waals surface area contributed by atoms with E-state index in [-0.39, 0.29) is 0 Å². The van der Waals surface area contributed by atoms with E-state index in [0.717, 1.165) is 22.3 Å². The minimum absolute atomic E-state index is 0.605. The van der Waals surface area contributed by atoms with Crippen molar-refractivity contribution in [1.82, 2.24) is 19.9 Å². The van der Waals surface area contributed by atoms with Gasteiger partial charge in [-0.15, -0.1) is 0 Å². The molecule has 4 heteroatoms. The molecule has 0 aliphatic heterocycles. The minimum atomic E-state index is 0.605. The van der Waals surface area contributed by atoms with Crippen molar-refractivity contribution in [3.05, 3.63) is 96.6 Å². The molecular weight excluding hydrogens is 320 g/mol. The van der Waals surface area contributed by atoms with Gasteiger partial charge in [0.25, 0.3) is 0 Å². The van der Waals surface area contributed by atoms with Crippen LogP contribution in [-0.2, 0) is 0 Å². The van der Waals surface area contributed by atoms with Crippen LogP contribution in [0.5, 0.6) is 0 Å². The van der Waals surface area contributed by atoms with Crippen molar-refractivity contribution in [2.75, 3.05) is 0 Å². The van der Waals surface area contributed by atoms with Crippen molar-refractivity contribution in [2.45, 2.75) is 0 Å². The fourth-order valence-electron chi connectivity index (χ4n) is 2.61. The van der Waals surface area contributed by atoms with Crippen LogP contribution in [0, 0.1) is 11.8 Å². The van der Waals surface area contributed by atoms with Crippen LogP contribution in [0.15, 0.2) is 85.5 Å². The molecule has 0 atom stereocenters. The molecule has 0 spiro atoms. The fourth-order valence-corrected chi connectivity index (χ4v) is 2.61. The molecule has 0 fully saturated rings. The zero-order valence-corrected chi connectivity index (χ0v) is 13.9. The lowest BCUT2D eigenvalue weighted by molar-refractivity contribution is 1.15. The van der Waals surface area contributed by atoms with Gasteiger partial charge in [-0.2, -0.15) is 0 Å². The maximum absolute atomic E-state index is 4.42. The van der Waals surface area contributed by atoms with E-state index >= 15 is 0 Å². The van der Waals surface area contributed by atoms with Gasteiger partial charge in [-0.25, -0.2) is 19.9 Å². The van der Waals surface area contributed by atoms with E-state index in [1.807, 2.05) is 48.5 Å². The van der Waals surface area contributed by atoms with E-state index in [1.165, 1.54) is 0 Å². The summed E-state index contributed by atoms with van der Waals surface area (Å²) in [7, 11) is 0. The van der Waals surface area contributed by atoms with Crippen molar-refractivity contribution < 1.29 is 0 Å². The molecule has 0 saturated carbocycles. The van der Waals surface area contributed by atoms with Crippen LogP contribution in [0.4, 0.5) is 0 Å². The maximum atomic E-state index is 4.42. The Labute approximate surface area is 151 Å². The summed E-state index contributed by atoms with van der Waals surface area (Å²) in [6, 6.07) is 19.4. The molecule has 2 aromatic heterocycles. The van der Waals surface area contributed by atoms with Crippen molar-refractivity contribution in [2.24, 2.45) is 0 Å². The van der Waals surface area contributed by atoms with E-state index in [9.17, 15) is 0 Å². The third-order valence-corrected chi connectivity index (χ3v) is 3.78. The molecule has 26 heavy (non-hydrogen) atoms. The van der Waals surface area contributed by atoms with Crippen LogP contribution >= 0.6 is 0 Å². The zero-order chi connectivity index (χ0) is 17.6. The van der Waals surface area contributed by atoms with Gasteiger partial charge in [0, 0.05) is 47.0 Å². The number of hydrogen-bond acceptors (Lipinski definition) is 4. The topological polar surface area (TPSA) is 51.6 Å². The van der Waals surface area contributed by atoms with Crippen LogP contribution in [0.1, 0.15) is 11.1 Å². The SMILES string of the molecule is C(#Cc1cccc(-c2ncccn2)c1-c1ncccn1)c1ccccc1. The van der Waals surface area contributed by atoms with E-state index < -0.39 is 0 Å². The fraction of sp³-hybridized carbons (Fsp3) is 0. The van der Waals surface area contributed by atoms with Gasteiger partial charge < -0.3 is 0 Å². The van der Waals surface area contributed by atoms with Crippen LogP contribution in [-0.4, -0.2) is 19.9 Å². The normalized spacial score (nSPS) is 10.0. The van der Waals surface area contributed by atoms with Gasteiger partial charge in [0.15, 0.2) is 11.6 Å². The highest BCUT2D eigenvalue weighted by molar-refractivity contribution is 5.82. The Bertz CT molecular complexity index is 1070. The van der Waals surface area contributed by atoms with Crippen LogP contribution in [0.25, 0.3) is 22.8 Å². The van der Waals surface area contributed by atoms with E-state index in [4.69, 9.17) is 0 Å². The van der Waals surface area contributed by atoms with Crippen molar-refractivity contribution in [1.29, 1.82) is 0 Å². The Kier molecular flexibility index (Phi) is 4.44. The summed E-state index contributed by atoms with van der Waals surface area (Å²) >= 11 is 0. The second kappa shape index (κ2) is 7.37. The molecule has 2 heterocycles. The molecule has 0 radical (unpaired) electrons. The molecule has 0 unspecified atom stereocenters. The molecule has 122 valence electrons. The Balaban J connectivity index is 1.91. The van der Waals surface area contributed by atoms with E-state index in [1.54, 1.807) is 36.9 Å². The monoisotopic (exact) mass is 334 g/mol. The van der Waals surface area contributed by atoms with Crippen molar-refractivity contribution >= 4 is 0 Å². The number of hydrogen-bond donors (Lipinski definition) is 0. The lowest BCUT2D eigenvalue weighted by Gasteiger charge is -2.09. The summed E-state index contributed by atoms with van der Waals surface area (Å²) < 4.78 is 0. The highest BCUT2D eigenvalue weighted by atomic mass is 14.9. The smallest absolute Gasteiger partial charge is 0.161 e. The number of nitrogens with zero attached hydrogens (tertiary/aromatic N) is 4. The Morgan fingerprint density at radius 2 is 1.19 bits per heavy atom. The van der Waals surface area contributed by atoms with Gasteiger partial charge in [0.05, 0.1) is 0 Å². The van der Waals surface area contributed by atoms with Gasteiger partial charge in [0.1, 0.15) is 0 Å². The Morgan fingerprint density at radius 3 is 1.88 bits per heavy atom. The van der Waals surface area contributed by atoms with Crippen LogP contribution in [0.2, 0.25) is 0 Å². The first-order chi connectivity index (χ1) is 12.9. The average molecular weight is 334 g/mol. The molecular formula is C22H14N4. The van der Waals surface area contributed by atoms with Crippen LogP contribution in [0.3, 0.4) is 0 Å². The predicted octanol–water partition coefficient (Wildman–Crippen LogP) is 4.00. The Hall–Kier alpha value is -3.84. The first kappa shape index (κ1) is 15.7. The molecule has 4 rings (SSSR count). The predicted molar refractivity (Wildman–Crippen MR) is 101 cm³/mol. The zero-order valence-electron chi connectivity index (χ0n) is 13.9. The number of aromatic nitrogens is 4. The third kappa shape index (κ3) is 3.33. The summed E-state index contributed by atoms with van der Waals surface area (Å²) in [6.07, 6.45) is 6.89. The molecule has 0 saturated heterocycles. The average Bonchev–Trinajstić information content (AvgIpc) is 2.74. The molecule has 4 nitrogen and oxygen atoms in total. The second-order valence-electron chi connectivity index (χ2n) is 5.49. The first-order valence-electron chi connectivity index (χ1n) is 8.17. The molecule has 2 aromatic carbocycles.